The van der Waals surface area contributed by atoms with Crippen molar-refractivity contribution in [3.05, 3.63) is 12.2 Å². The number of alkyl halides is 4. The minimum absolute atomic E-state index is 0.00379. The van der Waals surface area contributed by atoms with Gasteiger partial charge in [0.05, 0.1) is 25.4 Å². The van der Waals surface area contributed by atoms with Crippen LogP contribution in [0.2, 0.25) is 0 Å². The lowest BCUT2D eigenvalue weighted by Gasteiger charge is -2.54. The smallest absolute Gasteiger partial charge is 0.347 e. The maximum absolute atomic E-state index is 15.7. The van der Waals surface area contributed by atoms with Crippen molar-refractivity contribution >= 4 is 82.5 Å². The first-order chi connectivity index (χ1) is 49.0. The lowest BCUT2D eigenvalue weighted by atomic mass is 9.58. The Kier molecular flexibility index (Phi) is 27.5. The van der Waals surface area contributed by atoms with Gasteiger partial charge in [-0.3, -0.25) is 57.5 Å². The van der Waals surface area contributed by atoms with Gasteiger partial charge in [0.1, 0.15) is 53.9 Å². The zero-order valence-corrected chi connectivity index (χ0v) is 65.9. The normalized spacial score (nSPS) is 32.2. The van der Waals surface area contributed by atoms with Crippen LogP contribution in [-0.4, -0.2) is 263 Å². The van der Waals surface area contributed by atoms with E-state index in [1.165, 1.54) is 95.6 Å². The fourth-order valence-electron chi connectivity index (χ4n) is 18.1. The maximum Gasteiger partial charge on any atom is 0.393 e. The average molecular weight is 1500 g/mol. The molecule has 3 unspecified atom stereocenters. The number of halogens is 4. The summed E-state index contributed by atoms with van der Waals surface area (Å²) in [6.45, 7) is 12.6. The van der Waals surface area contributed by atoms with Gasteiger partial charge in [0.25, 0.3) is 0 Å². The minimum atomic E-state index is -4.52. The predicted octanol–water partition coefficient (Wildman–Crippen LogP) is 7.29. The number of amides is 12. The molecule has 5 saturated carbocycles. The number of hydrogen-bond donors (Lipinski definition) is 3. The van der Waals surface area contributed by atoms with Crippen LogP contribution in [0.3, 0.4) is 0 Å². The SMILES string of the molecule is CCC[C@H]1C(=O)N[C@@H](C2CCCC2)C(=O)N(C)CC(=O)N(C)[C@H]2C/C=C\CCN(C2=O)[C@@H](CC2CCC(C)CC2)C(=O)N(C)CC(=O)N[C@@H](CCC2CCC(C(F)(F)F)C(Cl)C2)C(=O)N2CC3(CC3)C[C@H]2C(=O)NC2(CC(C)(C)C2)C(=O)N(C)[C@@H](CC(C)(C)C)C(=O)N(C)[C@H](C(=O)N(C)C)CC(=O)N1C. The average Bonchev–Trinajstić information content (AvgIpc) is 1.56. The molecule has 0 radical (unpaired) electrons. The van der Waals surface area contributed by atoms with E-state index in [2.05, 4.69) is 22.9 Å². The second-order valence-corrected chi connectivity index (χ2v) is 35.6. The summed E-state index contributed by atoms with van der Waals surface area (Å²) in [6, 6.07) is -9.83. The monoisotopic (exact) mass is 1500 g/mol. The van der Waals surface area contributed by atoms with Gasteiger partial charge >= 0.3 is 6.18 Å². The van der Waals surface area contributed by atoms with Crippen LogP contribution in [0, 0.1) is 45.8 Å². The molecule has 8 aliphatic rings. The second-order valence-electron chi connectivity index (χ2n) is 35.1. The number of rotatable bonds is 10. The molecule has 3 aliphatic heterocycles. The molecule has 2 saturated heterocycles. The molecule has 590 valence electrons. The maximum atomic E-state index is 15.7. The lowest BCUT2D eigenvalue weighted by molar-refractivity contribution is -0.182. The van der Waals surface area contributed by atoms with Gasteiger partial charge in [-0.25, -0.2) is 0 Å². The van der Waals surface area contributed by atoms with Crippen molar-refractivity contribution in [1.82, 2.24) is 60.0 Å². The van der Waals surface area contributed by atoms with Gasteiger partial charge in [-0.1, -0.05) is 106 Å². The van der Waals surface area contributed by atoms with Gasteiger partial charge < -0.3 is 60.0 Å². The Morgan fingerprint density at radius 3 is 1.87 bits per heavy atom. The van der Waals surface area contributed by atoms with Gasteiger partial charge in [-0.15, -0.1) is 11.6 Å². The van der Waals surface area contributed by atoms with Crippen molar-refractivity contribution < 1.29 is 70.7 Å². The molecule has 2 spiro atoms. The summed E-state index contributed by atoms with van der Waals surface area (Å²) in [4.78, 5) is 194. The van der Waals surface area contributed by atoms with Gasteiger partial charge in [0.15, 0.2) is 0 Å². The molecule has 0 aromatic carbocycles. The van der Waals surface area contributed by atoms with E-state index >= 15 is 28.8 Å². The third-order valence-electron chi connectivity index (χ3n) is 24.5. The fraction of sp³-hybridized carbons (Fsp3) is 0.818. The molecule has 0 aromatic rings. The van der Waals surface area contributed by atoms with Crippen molar-refractivity contribution in [3.63, 3.8) is 0 Å². The summed E-state index contributed by atoms with van der Waals surface area (Å²) >= 11 is 6.47. The highest BCUT2D eigenvalue weighted by atomic mass is 35.5. The molecule has 24 nitrogen and oxygen atoms in total. The molecular formula is C77H122ClF3N12O12. The van der Waals surface area contributed by atoms with Crippen molar-refractivity contribution in [2.45, 2.75) is 274 Å². The van der Waals surface area contributed by atoms with E-state index in [0.29, 0.717) is 44.4 Å². The Morgan fingerprint density at radius 1 is 0.657 bits per heavy atom. The van der Waals surface area contributed by atoms with Crippen LogP contribution >= 0.6 is 11.6 Å². The number of nitrogens with one attached hydrogen (secondary N) is 3. The van der Waals surface area contributed by atoms with Crippen molar-refractivity contribution in [2.75, 3.05) is 82.6 Å². The minimum Gasteiger partial charge on any atom is -0.347 e. The second kappa shape index (κ2) is 34.4. The standard InChI is InChI=1S/C77H122ClF3N12O12/c1-16-22-54-64(97)83-63(50-23-19-20-24-50)71(104)87(11)43-62(96)89(13)55-25-18-17-21-36-92(70(55)103)57(38-49-28-26-47(2)27-29-49)68(101)86(10)42-60(94)82-53(33-31-48-30-32-51(52(78)37-48)77(79,80)81)66(99)93-46-75(34-35-75)41-58(93)65(98)84-76(44-74(6,7)45-76)72(105)91(15)59(40-73(3,4)5)69(102)90(14)56(67(100)85(8)9)39-61(95)88(54)12/h17-18,47-59,63H,16,19-46H2,1-15H3,(H,82,94)(H,83,97)(H,84,98)/b18-17-/t47?,48?,49?,51?,52?,53-,54-,55-,56-,57-,58-,59-,63-/m0/s1. The molecule has 105 heavy (non-hydrogen) atoms. The highest BCUT2D eigenvalue weighted by molar-refractivity contribution is 6.21. The van der Waals surface area contributed by atoms with Crippen LogP contribution in [0.4, 0.5) is 13.2 Å². The Bertz CT molecular complexity index is 3230. The third kappa shape index (κ3) is 20.4. The van der Waals surface area contributed by atoms with Gasteiger partial charge in [-0.05, 0) is 149 Å². The zero-order chi connectivity index (χ0) is 77.7. The Morgan fingerprint density at radius 2 is 1.29 bits per heavy atom. The molecule has 2 bridgehead atoms. The molecule has 12 amide bonds. The van der Waals surface area contributed by atoms with E-state index in [9.17, 15) is 41.9 Å². The number of nitrogens with zero attached hydrogens (tertiary/aromatic N) is 9. The number of likely N-dealkylation sites (N-methyl/N-ethyl adjacent to an activating group) is 7. The van der Waals surface area contributed by atoms with Crippen LogP contribution in [0.1, 0.15) is 209 Å². The molecule has 0 aromatic heterocycles. The lowest BCUT2D eigenvalue weighted by Crippen LogP contribution is -2.71. The molecule has 11 atom stereocenters. The number of carbonyl (C=O) groups is 12. The summed E-state index contributed by atoms with van der Waals surface area (Å²) in [6.07, 6.45) is 7.74. The summed E-state index contributed by atoms with van der Waals surface area (Å²) in [5, 5.41) is 7.79. The fourth-order valence-corrected chi connectivity index (χ4v) is 18.6. The van der Waals surface area contributed by atoms with Crippen molar-refractivity contribution in [1.29, 1.82) is 0 Å². The highest BCUT2D eigenvalue weighted by Crippen LogP contribution is 2.56. The first-order valence-corrected chi connectivity index (χ1v) is 39.1. The van der Waals surface area contributed by atoms with Crippen LogP contribution < -0.4 is 16.0 Å². The van der Waals surface area contributed by atoms with E-state index in [-0.39, 0.29) is 108 Å². The van der Waals surface area contributed by atoms with Crippen LogP contribution in [-0.2, 0) is 57.5 Å². The quantitative estimate of drug-likeness (QED) is 0.144. The first-order valence-electron chi connectivity index (χ1n) is 38.7. The molecule has 28 heteroatoms. The van der Waals surface area contributed by atoms with Gasteiger partial charge in [-0.2, -0.15) is 13.2 Å². The van der Waals surface area contributed by atoms with E-state index in [4.69, 9.17) is 11.6 Å². The molecule has 3 heterocycles. The Hall–Kier alpha value is -6.54. The van der Waals surface area contributed by atoms with Crippen LogP contribution in [0.15, 0.2) is 12.2 Å². The summed E-state index contributed by atoms with van der Waals surface area (Å²) < 4.78 is 42.4. The van der Waals surface area contributed by atoms with E-state index in [1.54, 1.807) is 6.08 Å². The van der Waals surface area contributed by atoms with E-state index in [1.807, 2.05) is 47.6 Å². The Balaban J connectivity index is 1.20. The number of carbonyl (C=O) groups excluding carboxylic acids is 12. The summed E-state index contributed by atoms with van der Waals surface area (Å²) in [5.74, 6) is -9.50. The molecule has 5 aliphatic carbocycles. The van der Waals surface area contributed by atoms with Crippen molar-refractivity contribution in [2.24, 2.45) is 45.8 Å². The molecular weight excluding hydrogens is 1380 g/mol. The molecule has 3 N–H and O–H groups in total. The number of fused-ring (bicyclic) bond motifs is 3. The van der Waals surface area contributed by atoms with Crippen LogP contribution in [0.25, 0.3) is 0 Å². The molecule has 8 rings (SSSR count). The van der Waals surface area contributed by atoms with Crippen molar-refractivity contribution in [3.8, 4) is 0 Å². The van der Waals surface area contributed by atoms with E-state index < -0.39 is 178 Å². The van der Waals surface area contributed by atoms with E-state index in [0.717, 1.165) is 43.4 Å². The largest absolute Gasteiger partial charge is 0.393 e. The zero-order valence-electron chi connectivity index (χ0n) is 65.2. The summed E-state index contributed by atoms with van der Waals surface area (Å²) in [7, 11) is 11.6. The summed E-state index contributed by atoms with van der Waals surface area (Å²) in [5.41, 5.74) is -3.25. The first kappa shape index (κ1) is 84.1. The van der Waals surface area contributed by atoms with Crippen LogP contribution in [0.5, 0.6) is 0 Å². The van der Waals surface area contributed by atoms with Gasteiger partial charge in [0.2, 0.25) is 70.9 Å². The Labute approximate surface area is 625 Å². The molecule has 7 fully saturated rings. The topological polar surface area (TPSA) is 270 Å². The highest BCUT2D eigenvalue weighted by Gasteiger charge is 2.61. The number of hydrogen-bond acceptors (Lipinski definition) is 12. The third-order valence-corrected chi connectivity index (χ3v) is 25.0. The van der Waals surface area contributed by atoms with Gasteiger partial charge in [0, 0.05) is 74.8 Å². The predicted molar refractivity (Wildman–Crippen MR) is 391 cm³/mol.